The third-order valence-electron chi connectivity index (χ3n) is 5.20. The van der Waals surface area contributed by atoms with Gasteiger partial charge in [-0.05, 0) is 61.4 Å². The lowest BCUT2D eigenvalue weighted by molar-refractivity contribution is 0.601. The predicted octanol–water partition coefficient (Wildman–Crippen LogP) is 3.47. The Balaban J connectivity index is 1.90. The molecule has 0 aliphatic carbocycles. The lowest BCUT2D eigenvalue weighted by atomic mass is 10.0. The molecule has 2 aromatic carbocycles. The first kappa shape index (κ1) is 21.7. The summed E-state index contributed by atoms with van der Waals surface area (Å²) in [4.78, 5) is 14.9. The van der Waals surface area contributed by atoms with E-state index in [2.05, 4.69) is 4.72 Å². The summed E-state index contributed by atoms with van der Waals surface area (Å²) in [6.45, 7) is 5.89. The molecule has 1 N–H and O–H groups in total. The quantitative estimate of drug-likeness (QED) is 0.652. The normalized spacial score (nSPS) is 11.7. The van der Waals surface area contributed by atoms with E-state index in [4.69, 9.17) is 0 Å². The highest BCUT2D eigenvalue weighted by Crippen LogP contribution is 2.21. The molecule has 7 nitrogen and oxygen atoms in total. The third-order valence-corrected chi connectivity index (χ3v) is 6.60. The van der Waals surface area contributed by atoms with Crippen molar-refractivity contribution < 1.29 is 8.42 Å². The van der Waals surface area contributed by atoms with Crippen LogP contribution >= 0.6 is 0 Å². The Morgan fingerprint density at radius 1 is 0.967 bits per heavy atom. The second kappa shape index (κ2) is 8.02. The first-order valence-corrected chi connectivity index (χ1v) is 11.2. The van der Waals surface area contributed by atoms with Crippen LogP contribution in [0.15, 0.2) is 58.2 Å². The molecular weight excluding hydrogens is 400 g/mol. The van der Waals surface area contributed by atoms with Crippen LogP contribution in [0.2, 0.25) is 0 Å². The van der Waals surface area contributed by atoms with Gasteiger partial charge < -0.3 is 4.90 Å². The smallest absolute Gasteiger partial charge is 0.275 e. The van der Waals surface area contributed by atoms with Crippen LogP contribution in [-0.4, -0.2) is 31.9 Å². The zero-order valence-electron chi connectivity index (χ0n) is 18.2. The van der Waals surface area contributed by atoms with E-state index in [1.54, 1.807) is 33.6 Å². The van der Waals surface area contributed by atoms with E-state index in [0.29, 0.717) is 11.4 Å². The molecule has 0 saturated heterocycles. The van der Waals surface area contributed by atoms with Gasteiger partial charge in [0, 0.05) is 43.8 Å². The van der Waals surface area contributed by atoms with E-state index < -0.39 is 10.0 Å². The molecule has 0 saturated carbocycles. The van der Waals surface area contributed by atoms with E-state index in [-0.39, 0.29) is 16.4 Å². The Bertz CT molecular complexity index is 1200. The van der Waals surface area contributed by atoms with Gasteiger partial charge in [0.05, 0.1) is 10.6 Å². The van der Waals surface area contributed by atoms with Crippen LogP contribution in [0.4, 0.5) is 11.4 Å². The summed E-state index contributed by atoms with van der Waals surface area (Å²) < 4.78 is 31.5. The molecule has 8 heteroatoms. The average Bonchev–Trinajstić information content (AvgIpc) is 2.90. The van der Waals surface area contributed by atoms with Gasteiger partial charge in [-0.15, -0.1) is 0 Å². The van der Waals surface area contributed by atoms with Gasteiger partial charge >= 0.3 is 0 Å². The fourth-order valence-electron chi connectivity index (χ4n) is 3.49. The summed E-state index contributed by atoms with van der Waals surface area (Å²) in [7, 11) is 1.93. The van der Waals surface area contributed by atoms with E-state index in [1.807, 2.05) is 58.9 Å². The maximum Gasteiger partial charge on any atom is 0.275 e. The van der Waals surface area contributed by atoms with Crippen LogP contribution in [0.5, 0.6) is 0 Å². The minimum Gasteiger partial charge on any atom is -0.378 e. The minimum atomic E-state index is -3.74. The molecule has 0 atom stereocenters. The summed E-state index contributed by atoms with van der Waals surface area (Å²) in [5.41, 5.74) is 3.66. The fourth-order valence-corrected chi connectivity index (χ4v) is 4.55. The molecule has 1 heterocycles. The summed E-state index contributed by atoms with van der Waals surface area (Å²) in [5, 5.41) is 0. The van der Waals surface area contributed by atoms with Crippen molar-refractivity contribution in [1.29, 1.82) is 0 Å². The monoisotopic (exact) mass is 428 g/mol. The number of nitrogens with zero attached hydrogens (tertiary/aromatic N) is 3. The highest BCUT2D eigenvalue weighted by Gasteiger charge is 2.19. The van der Waals surface area contributed by atoms with E-state index >= 15 is 0 Å². The summed E-state index contributed by atoms with van der Waals surface area (Å²) in [5.74, 6) is 0.104. The molecule has 1 aromatic heterocycles. The van der Waals surface area contributed by atoms with Gasteiger partial charge in [0.2, 0.25) is 0 Å². The van der Waals surface area contributed by atoms with Crippen LogP contribution in [0.3, 0.4) is 0 Å². The molecule has 0 bridgehead atoms. The Morgan fingerprint density at radius 2 is 1.53 bits per heavy atom. The van der Waals surface area contributed by atoms with Crippen molar-refractivity contribution in [2.75, 3.05) is 23.7 Å². The van der Waals surface area contributed by atoms with Gasteiger partial charge in [-0.2, -0.15) is 0 Å². The lowest BCUT2D eigenvalue weighted by Gasteiger charge is -2.14. The predicted molar refractivity (Wildman–Crippen MR) is 121 cm³/mol. The fraction of sp³-hybridized carbons (Fsp3) is 0.318. The molecule has 0 radical (unpaired) electrons. The molecule has 30 heavy (non-hydrogen) atoms. The standard InChI is InChI=1S/C22H28N4O3S/c1-15(2)21-16(3)25(6)26(22(21)27)19-11-13-20(14-12-19)30(28,29)23-17-7-9-18(10-8-17)24(4)5/h7-15,23H,1-6H3. The molecule has 0 unspecified atom stereocenters. The van der Waals surface area contributed by atoms with E-state index in [0.717, 1.165) is 16.9 Å². The first-order chi connectivity index (χ1) is 14.0. The Hall–Kier alpha value is -3.00. The highest BCUT2D eigenvalue weighted by molar-refractivity contribution is 7.92. The average molecular weight is 429 g/mol. The van der Waals surface area contributed by atoms with E-state index in [1.165, 1.54) is 12.1 Å². The zero-order valence-corrected chi connectivity index (χ0v) is 19.0. The molecule has 0 amide bonds. The van der Waals surface area contributed by atoms with Crippen molar-refractivity contribution in [3.05, 3.63) is 70.1 Å². The third kappa shape index (κ3) is 4.00. The lowest BCUT2D eigenvalue weighted by Crippen LogP contribution is -2.21. The second-order valence-corrected chi connectivity index (χ2v) is 9.52. The van der Waals surface area contributed by atoms with Crippen LogP contribution < -0.4 is 15.2 Å². The van der Waals surface area contributed by atoms with Crippen molar-refractivity contribution in [3.8, 4) is 5.69 Å². The number of hydrogen-bond donors (Lipinski definition) is 1. The highest BCUT2D eigenvalue weighted by atomic mass is 32.2. The van der Waals surface area contributed by atoms with Crippen molar-refractivity contribution >= 4 is 21.4 Å². The van der Waals surface area contributed by atoms with E-state index in [9.17, 15) is 13.2 Å². The molecular formula is C22H28N4O3S. The van der Waals surface area contributed by atoms with Crippen LogP contribution in [0, 0.1) is 6.92 Å². The maximum atomic E-state index is 12.9. The van der Waals surface area contributed by atoms with Gasteiger partial charge in [-0.1, -0.05) is 13.8 Å². The number of anilines is 2. The Kier molecular flexibility index (Phi) is 5.81. The van der Waals surface area contributed by atoms with Gasteiger partial charge in [0.25, 0.3) is 15.6 Å². The van der Waals surface area contributed by atoms with Gasteiger partial charge in [0.15, 0.2) is 0 Å². The summed E-state index contributed by atoms with van der Waals surface area (Å²) in [6, 6.07) is 13.4. The van der Waals surface area contributed by atoms with Crippen molar-refractivity contribution in [2.24, 2.45) is 7.05 Å². The van der Waals surface area contributed by atoms with Crippen LogP contribution in [-0.2, 0) is 17.1 Å². The summed E-state index contributed by atoms with van der Waals surface area (Å²) in [6.07, 6.45) is 0. The molecule has 0 aliphatic heterocycles. The zero-order chi connectivity index (χ0) is 22.2. The van der Waals surface area contributed by atoms with Crippen molar-refractivity contribution in [3.63, 3.8) is 0 Å². The number of aromatic nitrogens is 2. The SMILES string of the molecule is Cc1c(C(C)C)c(=O)n(-c2ccc(S(=O)(=O)Nc3ccc(N(C)C)cc3)cc2)n1C. The minimum absolute atomic E-state index is 0.0836. The van der Waals surface area contributed by atoms with Crippen molar-refractivity contribution in [2.45, 2.75) is 31.6 Å². The number of benzene rings is 2. The molecule has 3 rings (SSSR count). The Labute approximate surface area is 177 Å². The number of rotatable bonds is 6. The number of sulfonamides is 1. The molecule has 160 valence electrons. The number of nitrogens with one attached hydrogen (secondary N) is 1. The Morgan fingerprint density at radius 3 is 2.00 bits per heavy atom. The molecule has 0 spiro atoms. The van der Waals surface area contributed by atoms with Gasteiger partial charge in [-0.3, -0.25) is 14.2 Å². The molecule has 3 aromatic rings. The van der Waals surface area contributed by atoms with Crippen molar-refractivity contribution in [1.82, 2.24) is 9.36 Å². The first-order valence-electron chi connectivity index (χ1n) is 9.72. The topological polar surface area (TPSA) is 76.3 Å². The maximum absolute atomic E-state index is 12.9. The molecule has 0 fully saturated rings. The van der Waals surface area contributed by atoms with Gasteiger partial charge in [0.1, 0.15) is 0 Å². The van der Waals surface area contributed by atoms with Gasteiger partial charge in [-0.25, -0.2) is 13.1 Å². The van der Waals surface area contributed by atoms with Crippen LogP contribution in [0.25, 0.3) is 5.69 Å². The largest absolute Gasteiger partial charge is 0.378 e. The summed E-state index contributed by atoms with van der Waals surface area (Å²) >= 11 is 0. The number of hydrogen-bond acceptors (Lipinski definition) is 4. The van der Waals surface area contributed by atoms with Crippen LogP contribution in [0.1, 0.15) is 31.0 Å². The second-order valence-electron chi connectivity index (χ2n) is 7.84. The molecule has 0 aliphatic rings.